The molecule has 9 heteroatoms. The van der Waals surface area contributed by atoms with Gasteiger partial charge in [-0.25, -0.2) is 17.2 Å². The van der Waals surface area contributed by atoms with Gasteiger partial charge in [0.1, 0.15) is 0 Å². The number of hydrogen-bond acceptors (Lipinski definition) is 5. The van der Waals surface area contributed by atoms with E-state index in [1.165, 1.54) is 10.7 Å². The highest BCUT2D eigenvalue weighted by atomic mass is 32.2. The Balaban J connectivity index is 1.71. The molecule has 0 radical (unpaired) electrons. The first-order valence-electron chi connectivity index (χ1n) is 8.23. The van der Waals surface area contributed by atoms with Gasteiger partial charge in [0.2, 0.25) is 16.4 Å². The average molecular weight is 391 g/mol. The predicted octanol–water partition coefficient (Wildman–Crippen LogP) is 2.92. The summed E-state index contributed by atoms with van der Waals surface area (Å²) in [6.07, 6.45) is 1.20. The standard InChI is InChI=1S/C18H15F2N3O3S/c19-16-7-6-13(8-17(16)20)27(24,25)23-9-14(12-4-2-1-3-5-12)15(10-23)18-21-11-26-22-18/h1-8,11,14-15H,9-10H2/t14-,15+/m1/s1. The Morgan fingerprint density at radius 2 is 1.74 bits per heavy atom. The molecule has 27 heavy (non-hydrogen) atoms. The maximum absolute atomic E-state index is 13.5. The molecule has 1 aromatic heterocycles. The molecule has 1 aliphatic rings. The van der Waals surface area contributed by atoms with Crippen LogP contribution < -0.4 is 0 Å². The van der Waals surface area contributed by atoms with E-state index in [2.05, 4.69) is 10.1 Å². The molecule has 0 saturated carbocycles. The molecule has 0 bridgehead atoms. The Labute approximate surface area is 154 Å². The number of halogens is 2. The molecule has 1 aliphatic heterocycles. The molecule has 2 heterocycles. The zero-order chi connectivity index (χ0) is 19.0. The van der Waals surface area contributed by atoms with E-state index < -0.39 is 21.7 Å². The zero-order valence-electron chi connectivity index (χ0n) is 14.0. The van der Waals surface area contributed by atoms with E-state index in [4.69, 9.17) is 4.52 Å². The maximum Gasteiger partial charge on any atom is 0.243 e. The van der Waals surface area contributed by atoms with Crippen molar-refractivity contribution in [1.82, 2.24) is 14.4 Å². The second-order valence-electron chi connectivity index (χ2n) is 6.31. The molecule has 2 atom stereocenters. The van der Waals surface area contributed by atoms with Crippen LogP contribution in [0.2, 0.25) is 0 Å². The summed E-state index contributed by atoms with van der Waals surface area (Å²) >= 11 is 0. The van der Waals surface area contributed by atoms with Crippen LogP contribution in [-0.2, 0) is 10.0 Å². The predicted molar refractivity (Wildman–Crippen MR) is 91.3 cm³/mol. The first-order chi connectivity index (χ1) is 13.0. The number of hydrogen-bond donors (Lipinski definition) is 0. The van der Waals surface area contributed by atoms with Crippen molar-refractivity contribution in [3.8, 4) is 0 Å². The van der Waals surface area contributed by atoms with Crippen molar-refractivity contribution >= 4 is 10.0 Å². The van der Waals surface area contributed by atoms with Crippen LogP contribution >= 0.6 is 0 Å². The summed E-state index contributed by atoms with van der Waals surface area (Å²) in [6.45, 7) is 0.283. The van der Waals surface area contributed by atoms with Gasteiger partial charge in [-0.15, -0.1) is 0 Å². The van der Waals surface area contributed by atoms with Gasteiger partial charge in [0.25, 0.3) is 0 Å². The highest BCUT2D eigenvalue weighted by Gasteiger charge is 2.42. The highest BCUT2D eigenvalue weighted by Crippen LogP contribution is 2.40. The number of benzene rings is 2. The summed E-state index contributed by atoms with van der Waals surface area (Å²) in [5.41, 5.74) is 0.940. The fourth-order valence-electron chi connectivity index (χ4n) is 3.39. The molecule has 0 N–H and O–H groups in total. The molecule has 0 aliphatic carbocycles. The summed E-state index contributed by atoms with van der Waals surface area (Å²) in [6, 6.07) is 12.0. The van der Waals surface area contributed by atoms with Gasteiger partial charge in [-0.2, -0.15) is 9.29 Å². The molecule has 3 aromatic rings. The monoisotopic (exact) mass is 391 g/mol. The van der Waals surface area contributed by atoms with Crippen LogP contribution in [0.4, 0.5) is 8.78 Å². The van der Waals surface area contributed by atoms with Crippen molar-refractivity contribution in [1.29, 1.82) is 0 Å². The van der Waals surface area contributed by atoms with Crippen LogP contribution in [0.25, 0.3) is 0 Å². The molecule has 0 unspecified atom stereocenters. The molecule has 4 rings (SSSR count). The van der Waals surface area contributed by atoms with Crippen molar-refractivity contribution < 1.29 is 21.7 Å². The van der Waals surface area contributed by atoms with E-state index in [0.717, 1.165) is 17.7 Å². The molecular weight excluding hydrogens is 376 g/mol. The lowest BCUT2D eigenvalue weighted by atomic mass is 9.88. The minimum Gasteiger partial charge on any atom is -0.343 e. The molecule has 1 fully saturated rings. The second-order valence-corrected chi connectivity index (χ2v) is 8.25. The fourth-order valence-corrected chi connectivity index (χ4v) is 4.90. The third-order valence-corrected chi connectivity index (χ3v) is 6.58. The zero-order valence-corrected chi connectivity index (χ0v) is 14.8. The number of nitrogens with zero attached hydrogens (tertiary/aromatic N) is 3. The Bertz CT molecular complexity index is 1040. The van der Waals surface area contributed by atoms with Gasteiger partial charge >= 0.3 is 0 Å². The first kappa shape index (κ1) is 17.7. The number of sulfonamides is 1. The van der Waals surface area contributed by atoms with Gasteiger partial charge in [0.15, 0.2) is 17.5 Å². The Kier molecular flexibility index (Phi) is 4.48. The summed E-state index contributed by atoms with van der Waals surface area (Å²) in [4.78, 5) is 3.79. The van der Waals surface area contributed by atoms with Crippen molar-refractivity contribution in [3.05, 3.63) is 77.9 Å². The SMILES string of the molecule is O=S(=O)(c1ccc(F)c(F)c1)N1C[C@H](c2ccccc2)[C@@H](c2ncon2)C1. The van der Waals surface area contributed by atoms with E-state index in [0.29, 0.717) is 11.9 Å². The topological polar surface area (TPSA) is 76.3 Å². The fraction of sp³-hybridized carbons (Fsp3) is 0.222. The van der Waals surface area contributed by atoms with Gasteiger partial charge in [-0.1, -0.05) is 35.5 Å². The molecule has 1 saturated heterocycles. The van der Waals surface area contributed by atoms with E-state index in [-0.39, 0.29) is 29.8 Å². The molecular formula is C18H15F2N3O3S. The minimum absolute atomic E-state index is 0.112. The second kappa shape index (κ2) is 6.82. The van der Waals surface area contributed by atoms with Crippen molar-refractivity contribution in [3.63, 3.8) is 0 Å². The lowest BCUT2D eigenvalue weighted by molar-refractivity contribution is 0.401. The van der Waals surface area contributed by atoms with Gasteiger partial charge in [0, 0.05) is 24.9 Å². The van der Waals surface area contributed by atoms with Gasteiger partial charge in [0.05, 0.1) is 4.90 Å². The third kappa shape index (κ3) is 3.24. The van der Waals surface area contributed by atoms with E-state index >= 15 is 0 Å². The van der Waals surface area contributed by atoms with Gasteiger partial charge in [-0.3, -0.25) is 0 Å². The van der Waals surface area contributed by atoms with Crippen LogP contribution in [0, 0.1) is 11.6 Å². The molecule has 0 spiro atoms. The molecule has 0 amide bonds. The summed E-state index contributed by atoms with van der Waals surface area (Å²) < 4.78 is 58.7. The van der Waals surface area contributed by atoms with Crippen LogP contribution in [-0.4, -0.2) is 36.0 Å². The third-order valence-electron chi connectivity index (χ3n) is 4.75. The quantitative estimate of drug-likeness (QED) is 0.684. The van der Waals surface area contributed by atoms with Gasteiger partial charge in [-0.05, 0) is 23.8 Å². The molecule has 2 aromatic carbocycles. The van der Waals surface area contributed by atoms with Crippen molar-refractivity contribution in [2.24, 2.45) is 0 Å². The van der Waals surface area contributed by atoms with Crippen molar-refractivity contribution in [2.75, 3.05) is 13.1 Å². The smallest absolute Gasteiger partial charge is 0.243 e. The Morgan fingerprint density at radius 1 is 1.00 bits per heavy atom. The average Bonchev–Trinajstić information content (AvgIpc) is 3.34. The van der Waals surface area contributed by atoms with Crippen LogP contribution in [0.15, 0.2) is 64.3 Å². The summed E-state index contributed by atoms with van der Waals surface area (Å²) in [5, 5.41) is 3.87. The number of rotatable bonds is 4. The van der Waals surface area contributed by atoms with E-state index in [9.17, 15) is 17.2 Å². The Hall–Kier alpha value is -2.65. The van der Waals surface area contributed by atoms with Crippen molar-refractivity contribution in [2.45, 2.75) is 16.7 Å². The first-order valence-corrected chi connectivity index (χ1v) is 9.67. The lowest BCUT2D eigenvalue weighted by Gasteiger charge is -2.17. The maximum atomic E-state index is 13.5. The van der Waals surface area contributed by atoms with Crippen LogP contribution in [0.1, 0.15) is 23.2 Å². The summed E-state index contributed by atoms with van der Waals surface area (Å²) in [7, 11) is -4.00. The molecule has 6 nitrogen and oxygen atoms in total. The summed E-state index contributed by atoms with van der Waals surface area (Å²) in [5.74, 6) is -2.39. The molecule has 140 valence electrons. The van der Waals surface area contributed by atoms with Crippen LogP contribution in [0.5, 0.6) is 0 Å². The van der Waals surface area contributed by atoms with E-state index in [1.807, 2.05) is 30.3 Å². The number of aromatic nitrogens is 2. The van der Waals surface area contributed by atoms with Gasteiger partial charge < -0.3 is 4.52 Å². The largest absolute Gasteiger partial charge is 0.343 e. The lowest BCUT2D eigenvalue weighted by Crippen LogP contribution is -2.29. The normalized spacial score (nSPS) is 20.8. The Morgan fingerprint density at radius 3 is 2.41 bits per heavy atom. The highest BCUT2D eigenvalue weighted by molar-refractivity contribution is 7.89. The van der Waals surface area contributed by atoms with E-state index in [1.54, 1.807) is 0 Å². The minimum atomic E-state index is -4.00. The van der Waals surface area contributed by atoms with Crippen LogP contribution in [0.3, 0.4) is 0 Å².